The third-order valence-corrected chi connectivity index (χ3v) is 10.2. The molecule has 0 radical (unpaired) electrons. The second kappa shape index (κ2) is 11.0. The summed E-state index contributed by atoms with van der Waals surface area (Å²) in [5, 5.41) is 6.15. The number of anilines is 1. The van der Waals surface area contributed by atoms with Gasteiger partial charge in [-0.05, 0) is 69.3 Å². The maximum atomic E-state index is 16.7. The summed E-state index contributed by atoms with van der Waals surface area (Å²) >= 11 is 6.62. The van der Waals surface area contributed by atoms with E-state index in [0.29, 0.717) is 43.8 Å². The topological polar surface area (TPSA) is 91.6 Å². The maximum absolute atomic E-state index is 16.7. The Morgan fingerprint density at radius 1 is 1.20 bits per heavy atom. The zero-order chi connectivity index (χ0) is 31.0. The van der Waals surface area contributed by atoms with Crippen molar-refractivity contribution in [2.75, 3.05) is 44.2 Å². The summed E-state index contributed by atoms with van der Waals surface area (Å²) in [6.07, 6.45) is -1.67. The Morgan fingerprint density at radius 3 is 2.82 bits per heavy atom. The average Bonchev–Trinajstić information content (AvgIpc) is 3.64. The molecule has 1 aromatic carbocycles. The van der Waals surface area contributed by atoms with Crippen molar-refractivity contribution in [2.45, 2.75) is 69.1 Å². The van der Waals surface area contributed by atoms with Gasteiger partial charge in [0.05, 0.1) is 33.6 Å². The molecular formula is C30H35ClF5N7O. The normalized spacial score (nSPS) is 30.9. The van der Waals surface area contributed by atoms with Crippen molar-refractivity contribution in [3.05, 3.63) is 39.7 Å². The molecule has 14 heteroatoms. The van der Waals surface area contributed by atoms with Gasteiger partial charge >= 0.3 is 12.2 Å². The smallest absolute Gasteiger partial charge is 0.418 e. The highest BCUT2D eigenvalue weighted by atomic mass is 35.5. The second-order valence-electron chi connectivity index (χ2n) is 12.7. The number of allylic oxidation sites excluding steroid dienone is 2. The zero-order valence-electron chi connectivity index (χ0n) is 24.3. The lowest BCUT2D eigenvalue weighted by Gasteiger charge is -2.36. The minimum atomic E-state index is -4.80. The van der Waals surface area contributed by atoms with Gasteiger partial charge in [0, 0.05) is 37.5 Å². The van der Waals surface area contributed by atoms with E-state index < -0.39 is 46.7 Å². The van der Waals surface area contributed by atoms with E-state index in [0.717, 1.165) is 38.8 Å². The van der Waals surface area contributed by atoms with Crippen molar-refractivity contribution < 1.29 is 26.7 Å². The van der Waals surface area contributed by atoms with E-state index in [1.165, 1.54) is 19.1 Å². The van der Waals surface area contributed by atoms with Crippen LogP contribution in [0.15, 0.2) is 23.3 Å². The lowest BCUT2D eigenvalue weighted by atomic mass is 9.93. The molecule has 8 nitrogen and oxygen atoms in total. The molecule has 4 saturated heterocycles. The van der Waals surface area contributed by atoms with E-state index in [1.54, 1.807) is 0 Å². The van der Waals surface area contributed by atoms with Gasteiger partial charge in [0.25, 0.3) is 0 Å². The molecule has 7 rings (SSSR count). The van der Waals surface area contributed by atoms with Crippen LogP contribution in [-0.4, -0.2) is 84.3 Å². The molecule has 44 heavy (non-hydrogen) atoms. The lowest BCUT2D eigenvalue weighted by molar-refractivity contribution is -0.0892. The van der Waals surface area contributed by atoms with Gasteiger partial charge in [0.15, 0.2) is 5.82 Å². The third kappa shape index (κ3) is 5.09. The SMILES string of the molecule is CC1=CC(N)NC(c2c(Cl)cc3c(N4CCC5NCCC5C4)nc(OCC45CCCN4C[C@H](F)C5)nc3c2F)=C1C(F)(F)F. The molecule has 0 bridgehead atoms. The highest BCUT2D eigenvalue weighted by molar-refractivity contribution is 6.33. The number of halogens is 6. The Kier molecular flexibility index (Phi) is 7.46. The first-order valence-corrected chi connectivity index (χ1v) is 15.5. The van der Waals surface area contributed by atoms with Gasteiger partial charge in [-0.1, -0.05) is 11.6 Å². The number of fused-ring (bicyclic) bond motifs is 3. The van der Waals surface area contributed by atoms with Crippen molar-refractivity contribution in [1.82, 2.24) is 25.5 Å². The quantitative estimate of drug-likeness (QED) is 0.407. The first kappa shape index (κ1) is 29.9. The first-order chi connectivity index (χ1) is 20.9. The van der Waals surface area contributed by atoms with E-state index in [1.807, 2.05) is 0 Å². The molecule has 1 aromatic heterocycles. The van der Waals surface area contributed by atoms with Gasteiger partial charge in [-0.25, -0.2) is 8.78 Å². The number of hydrogen-bond donors (Lipinski definition) is 3. The zero-order valence-corrected chi connectivity index (χ0v) is 25.0. The Hall–Kier alpha value is -2.74. The molecule has 4 N–H and O–H groups in total. The van der Waals surface area contributed by atoms with E-state index in [2.05, 4.69) is 25.4 Å². The highest BCUT2D eigenvalue weighted by Crippen LogP contribution is 2.44. The van der Waals surface area contributed by atoms with Crippen molar-refractivity contribution in [1.29, 1.82) is 0 Å². The molecule has 0 spiro atoms. The van der Waals surface area contributed by atoms with E-state index in [9.17, 15) is 17.6 Å². The Morgan fingerprint density at radius 2 is 2.02 bits per heavy atom. The third-order valence-electron chi connectivity index (χ3n) is 9.95. The number of nitrogens with one attached hydrogen (secondary N) is 2. The summed E-state index contributed by atoms with van der Waals surface area (Å²) in [6.45, 7) is 4.72. The molecule has 5 atom stereocenters. The van der Waals surface area contributed by atoms with Crippen molar-refractivity contribution in [2.24, 2.45) is 11.7 Å². The summed E-state index contributed by atoms with van der Waals surface area (Å²) in [5.74, 6) is -0.256. The molecule has 4 fully saturated rings. The number of nitrogens with two attached hydrogens (primary N) is 1. The number of alkyl halides is 4. The molecule has 5 aliphatic heterocycles. The minimum Gasteiger partial charge on any atom is -0.461 e. The number of piperidine rings is 1. The fourth-order valence-electron chi connectivity index (χ4n) is 7.98. The molecule has 2 aromatic rings. The van der Waals surface area contributed by atoms with E-state index in [4.69, 9.17) is 27.1 Å². The van der Waals surface area contributed by atoms with Crippen LogP contribution in [0.3, 0.4) is 0 Å². The van der Waals surface area contributed by atoms with Gasteiger partial charge in [0.2, 0.25) is 0 Å². The number of ether oxygens (including phenoxy) is 1. The molecular weight excluding hydrogens is 605 g/mol. The number of nitrogens with zero attached hydrogens (tertiary/aromatic N) is 4. The molecule has 5 aliphatic rings. The predicted molar refractivity (Wildman–Crippen MR) is 158 cm³/mol. The highest BCUT2D eigenvalue weighted by Gasteiger charge is 2.49. The lowest BCUT2D eigenvalue weighted by Crippen LogP contribution is -2.45. The number of rotatable bonds is 5. The predicted octanol–water partition coefficient (Wildman–Crippen LogP) is 4.67. The maximum Gasteiger partial charge on any atom is 0.418 e. The van der Waals surface area contributed by atoms with E-state index in [-0.39, 0.29) is 34.1 Å². The average molecular weight is 640 g/mol. The van der Waals surface area contributed by atoms with Gasteiger partial charge in [-0.2, -0.15) is 23.1 Å². The summed E-state index contributed by atoms with van der Waals surface area (Å²) < 4.78 is 80.0. The molecule has 238 valence electrons. The van der Waals surface area contributed by atoms with Crippen LogP contribution in [0.1, 0.15) is 44.6 Å². The molecule has 6 heterocycles. The summed E-state index contributed by atoms with van der Waals surface area (Å²) in [5.41, 5.74) is 3.06. The van der Waals surface area contributed by atoms with Gasteiger partial charge in [-0.3, -0.25) is 4.90 Å². The van der Waals surface area contributed by atoms with Crippen molar-refractivity contribution >= 4 is 34.0 Å². The standard InChI is InChI=1S/C30H35ClF5N7O/c1-15-9-21(37)39-26(23(15)30(34,35)36)22-19(31)10-18-25(24(22)33)40-28(44-14-29-5-2-7-43(29)13-17(32)11-29)41-27(18)42-8-4-20-16(12-42)3-6-38-20/h9-10,16-17,20-21,38-39H,2-8,11-14,37H2,1H3/t16?,17-,20?,21?,29?/m1/s1. The van der Waals surface area contributed by atoms with Crippen LogP contribution in [0.5, 0.6) is 6.01 Å². The van der Waals surface area contributed by atoms with E-state index >= 15 is 4.39 Å². The van der Waals surface area contributed by atoms with Crippen LogP contribution in [-0.2, 0) is 0 Å². The number of aromatic nitrogens is 2. The Balaban J connectivity index is 1.35. The minimum absolute atomic E-state index is 0.107. The monoisotopic (exact) mass is 639 g/mol. The first-order valence-electron chi connectivity index (χ1n) is 15.2. The molecule has 0 amide bonds. The molecule has 0 aliphatic carbocycles. The number of benzene rings is 1. The molecule has 0 saturated carbocycles. The summed E-state index contributed by atoms with van der Waals surface area (Å²) in [6, 6.07) is 1.71. The number of hydrogen-bond acceptors (Lipinski definition) is 8. The van der Waals surface area contributed by atoms with Gasteiger partial charge < -0.3 is 26.0 Å². The van der Waals surface area contributed by atoms with Crippen molar-refractivity contribution in [3.8, 4) is 6.01 Å². The summed E-state index contributed by atoms with van der Waals surface area (Å²) in [4.78, 5) is 13.3. The van der Waals surface area contributed by atoms with Crippen LogP contribution in [0.2, 0.25) is 5.02 Å². The Bertz CT molecular complexity index is 1550. The molecule has 4 unspecified atom stereocenters. The van der Waals surface area contributed by atoms with Crippen molar-refractivity contribution in [3.63, 3.8) is 0 Å². The van der Waals surface area contributed by atoms with Crippen LogP contribution < -0.4 is 26.0 Å². The summed E-state index contributed by atoms with van der Waals surface area (Å²) in [7, 11) is 0. The van der Waals surface area contributed by atoms with Crippen LogP contribution in [0, 0.1) is 11.7 Å². The van der Waals surface area contributed by atoms with Gasteiger partial charge in [-0.15, -0.1) is 0 Å². The fourth-order valence-corrected chi connectivity index (χ4v) is 8.26. The van der Waals surface area contributed by atoms with Gasteiger partial charge in [0.1, 0.15) is 24.1 Å². The fraction of sp³-hybridized carbons (Fsp3) is 0.600. The van der Waals surface area contributed by atoms with Crippen LogP contribution in [0.25, 0.3) is 16.6 Å². The van der Waals surface area contributed by atoms with Crippen LogP contribution >= 0.6 is 11.6 Å². The Labute approximate surface area is 256 Å². The number of dihydropyridines is 1. The van der Waals surface area contributed by atoms with Crippen LogP contribution in [0.4, 0.5) is 27.8 Å². The largest absolute Gasteiger partial charge is 0.461 e. The second-order valence-corrected chi connectivity index (χ2v) is 13.2.